The summed E-state index contributed by atoms with van der Waals surface area (Å²) in [5.74, 6) is 0.973. The predicted octanol–water partition coefficient (Wildman–Crippen LogP) is 2.75. The van der Waals surface area contributed by atoms with Crippen molar-refractivity contribution in [3.8, 4) is 6.07 Å². The van der Waals surface area contributed by atoms with E-state index in [9.17, 15) is 9.59 Å². The van der Waals surface area contributed by atoms with Crippen LogP contribution in [0.1, 0.15) is 57.3 Å². The summed E-state index contributed by atoms with van der Waals surface area (Å²) in [5.41, 5.74) is 2.88. The van der Waals surface area contributed by atoms with E-state index in [0.29, 0.717) is 36.3 Å². The molecule has 1 aliphatic carbocycles. The minimum absolute atomic E-state index is 0.0655. The molecule has 2 amide bonds. The lowest BCUT2D eigenvalue weighted by Gasteiger charge is -2.25. The Morgan fingerprint density at radius 1 is 1.00 bits per heavy atom. The first-order valence-electron chi connectivity index (χ1n) is 9.93. The molecule has 28 heavy (non-hydrogen) atoms. The number of carbonyl (C=O) groups is 2. The maximum absolute atomic E-state index is 13.1. The number of hydrogen-bond donors (Lipinski definition) is 1. The SMILES string of the molecule is N#Cc1ccc(C(=O)N2C[C@@H]3CCN(C(=O)c4ccc(C5CC5)cc4)[C@@H]3C2)[nH]1. The molecule has 1 saturated carbocycles. The predicted molar refractivity (Wildman–Crippen MR) is 103 cm³/mol. The average molecular weight is 374 g/mol. The van der Waals surface area contributed by atoms with Crippen molar-refractivity contribution in [2.75, 3.05) is 19.6 Å². The highest BCUT2D eigenvalue weighted by Crippen LogP contribution is 2.40. The largest absolute Gasteiger partial charge is 0.342 e. The molecule has 1 aromatic carbocycles. The summed E-state index contributed by atoms with van der Waals surface area (Å²) in [6, 6.07) is 13.4. The average Bonchev–Trinajstić information content (AvgIpc) is 3.14. The van der Waals surface area contributed by atoms with E-state index in [1.807, 2.05) is 23.1 Å². The molecule has 2 aromatic rings. The van der Waals surface area contributed by atoms with Crippen molar-refractivity contribution in [3.05, 3.63) is 58.9 Å². The summed E-state index contributed by atoms with van der Waals surface area (Å²) < 4.78 is 0. The van der Waals surface area contributed by atoms with Gasteiger partial charge in [0.05, 0.1) is 6.04 Å². The van der Waals surface area contributed by atoms with Crippen LogP contribution < -0.4 is 0 Å². The number of benzene rings is 1. The number of nitrogens with one attached hydrogen (secondary N) is 1. The van der Waals surface area contributed by atoms with Crippen molar-refractivity contribution in [2.24, 2.45) is 5.92 Å². The van der Waals surface area contributed by atoms with E-state index in [1.54, 1.807) is 17.0 Å². The Bertz CT molecular complexity index is 967. The van der Waals surface area contributed by atoms with Crippen molar-refractivity contribution in [3.63, 3.8) is 0 Å². The normalized spacial score (nSPS) is 23.5. The molecule has 2 saturated heterocycles. The van der Waals surface area contributed by atoms with Gasteiger partial charge in [0.2, 0.25) is 0 Å². The number of carbonyl (C=O) groups excluding carboxylic acids is 2. The van der Waals surface area contributed by atoms with Crippen LogP contribution in [-0.4, -0.2) is 52.3 Å². The lowest BCUT2D eigenvalue weighted by atomic mass is 10.0. The van der Waals surface area contributed by atoms with E-state index in [2.05, 4.69) is 17.1 Å². The number of hydrogen-bond acceptors (Lipinski definition) is 3. The molecule has 0 spiro atoms. The number of likely N-dealkylation sites (tertiary alicyclic amines) is 2. The highest BCUT2D eigenvalue weighted by atomic mass is 16.2. The Kier molecular flexibility index (Phi) is 3.97. The fourth-order valence-corrected chi connectivity index (χ4v) is 4.62. The van der Waals surface area contributed by atoms with Crippen LogP contribution in [-0.2, 0) is 0 Å². The van der Waals surface area contributed by atoms with Crippen LogP contribution in [0.3, 0.4) is 0 Å². The van der Waals surface area contributed by atoms with Crippen LogP contribution in [0, 0.1) is 17.2 Å². The van der Waals surface area contributed by atoms with Gasteiger partial charge in [-0.05, 0) is 55.0 Å². The van der Waals surface area contributed by atoms with Crippen molar-refractivity contribution < 1.29 is 9.59 Å². The molecular formula is C22H22N4O2. The molecule has 5 rings (SSSR count). The number of rotatable bonds is 3. The van der Waals surface area contributed by atoms with Crippen LogP contribution in [0.4, 0.5) is 0 Å². The molecule has 6 nitrogen and oxygen atoms in total. The smallest absolute Gasteiger partial charge is 0.270 e. The summed E-state index contributed by atoms with van der Waals surface area (Å²) in [7, 11) is 0. The van der Waals surface area contributed by atoms with Crippen LogP contribution >= 0.6 is 0 Å². The molecule has 3 heterocycles. The minimum atomic E-state index is -0.0999. The maximum atomic E-state index is 13.1. The molecule has 142 valence electrons. The van der Waals surface area contributed by atoms with E-state index >= 15 is 0 Å². The molecule has 3 fully saturated rings. The zero-order valence-corrected chi connectivity index (χ0v) is 15.6. The number of aromatic nitrogens is 1. The molecule has 6 heteroatoms. The number of H-pyrrole nitrogens is 1. The lowest BCUT2D eigenvalue weighted by Crippen LogP contribution is -2.40. The van der Waals surface area contributed by atoms with Crippen molar-refractivity contribution in [2.45, 2.75) is 31.2 Å². The highest BCUT2D eigenvalue weighted by Gasteiger charge is 2.45. The third kappa shape index (κ3) is 2.88. The number of aromatic amines is 1. The van der Waals surface area contributed by atoms with Gasteiger partial charge in [0.15, 0.2) is 0 Å². The van der Waals surface area contributed by atoms with Crippen molar-refractivity contribution >= 4 is 11.8 Å². The van der Waals surface area contributed by atoms with Gasteiger partial charge < -0.3 is 14.8 Å². The van der Waals surface area contributed by atoms with Gasteiger partial charge in [-0.25, -0.2) is 0 Å². The van der Waals surface area contributed by atoms with Gasteiger partial charge >= 0.3 is 0 Å². The number of nitrogens with zero attached hydrogens (tertiary/aromatic N) is 3. The van der Waals surface area contributed by atoms with Crippen LogP contribution in [0.25, 0.3) is 0 Å². The first-order chi connectivity index (χ1) is 13.6. The zero-order chi connectivity index (χ0) is 19.3. The van der Waals surface area contributed by atoms with Crippen LogP contribution in [0.2, 0.25) is 0 Å². The molecule has 0 bridgehead atoms. The number of nitriles is 1. The van der Waals surface area contributed by atoms with Crippen molar-refractivity contribution in [1.82, 2.24) is 14.8 Å². The Hall–Kier alpha value is -3.07. The number of fused-ring (bicyclic) bond motifs is 1. The minimum Gasteiger partial charge on any atom is -0.342 e. The molecule has 2 aliphatic heterocycles. The second kappa shape index (κ2) is 6.52. The Morgan fingerprint density at radius 3 is 2.46 bits per heavy atom. The Balaban J connectivity index is 1.28. The van der Waals surface area contributed by atoms with Gasteiger partial charge in [-0.1, -0.05) is 12.1 Å². The fraction of sp³-hybridized carbons (Fsp3) is 0.409. The zero-order valence-electron chi connectivity index (χ0n) is 15.6. The fourth-order valence-electron chi connectivity index (χ4n) is 4.62. The third-order valence-electron chi connectivity index (χ3n) is 6.34. The molecule has 1 aromatic heterocycles. The molecule has 3 aliphatic rings. The lowest BCUT2D eigenvalue weighted by molar-refractivity contribution is 0.0687. The van der Waals surface area contributed by atoms with Gasteiger partial charge in [0, 0.05) is 31.1 Å². The molecule has 0 unspecified atom stereocenters. The Morgan fingerprint density at radius 2 is 1.79 bits per heavy atom. The van der Waals surface area contributed by atoms with E-state index in [1.165, 1.54) is 18.4 Å². The topological polar surface area (TPSA) is 80.2 Å². The molecule has 2 atom stereocenters. The van der Waals surface area contributed by atoms with Crippen molar-refractivity contribution in [1.29, 1.82) is 5.26 Å². The summed E-state index contributed by atoms with van der Waals surface area (Å²) in [4.78, 5) is 32.4. The summed E-state index contributed by atoms with van der Waals surface area (Å²) in [6.07, 6.45) is 3.43. The maximum Gasteiger partial charge on any atom is 0.270 e. The first-order valence-corrected chi connectivity index (χ1v) is 9.93. The third-order valence-corrected chi connectivity index (χ3v) is 6.34. The molecular weight excluding hydrogens is 352 g/mol. The molecule has 0 radical (unpaired) electrons. The second-order valence-electron chi connectivity index (χ2n) is 8.12. The van der Waals surface area contributed by atoms with E-state index in [-0.39, 0.29) is 17.9 Å². The first kappa shape index (κ1) is 17.1. The quantitative estimate of drug-likeness (QED) is 0.897. The van der Waals surface area contributed by atoms with Gasteiger partial charge in [0.1, 0.15) is 17.5 Å². The summed E-state index contributed by atoms with van der Waals surface area (Å²) >= 11 is 0. The number of amides is 2. The second-order valence-corrected chi connectivity index (χ2v) is 8.12. The summed E-state index contributed by atoms with van der Waals surface area (Å²) in [5, 5.41) is 8.93. The van der Waals surface area contributed by atoms with E-state index < -0.39 is 0 Å². The summed E-state index contributed by atoms with van der Waals surface area (Å²) in [6.45, 7) is 1.97. The van der Waals surface area contributed by atoms with E-state index in [0.717, 1.165) is 18.5 Å². The van der Waals surface area contributed by atoms with Gasteiger partial charge in [0.25, 0.3) is 11.8 Å². The van der Waals surface area contributed by atoms with E-state index in [4.69, 9.17) is 5.26 Å². The standard InChI is InChI=1S/C22H22N4O2/c23-11-18-7-8-19(24-18)22(28)25-12-17-9-10-26(20(17)13-25)21(27)16-5-3-15(4-6-16)14-1-2-14/h3-8,14,17,20,24H,1-2,9-10,12-13H2/t17-,20+/m0/s1. The molecule has 1 N–H and O–H groups in total. The highest BCUT2D eigenvalue weighted by molar-refractivity contribution is 5.95. The van der Waals surface area contributed by atoms with Crippen LogP contribution in [0.15, 0.2) is 36.4 Å². The monoisotopic (exact) mass is 374 g/mol. The van der Waals surface area contributed by atoms with Crippen LogP contribution in [0.5, 0.6) is 0 Å². The van der Waals surface area contributed by atoms with Gasteiger partial charge in [-0.15, -0.1) is 0 Å². The van der Waals surface area contributed by atoms with Gasteiger partial charge in [-0.2, -0.15) is 5.26 Å². The Labute approximate surface area is 163 Å². The van der Waals surface area contributed by atoms with Gasteiger partial charge in [-0.3, -0.25) is 9.59 Å².